The summed E-state index contributed by atoms with van der Waals surface area (Å²) in [6, 6.07) is 0. The van der Waals surface area contributed by atoms with Gasteiger partial charge in [0, 0.05) is 19.4 Å². The molecular formula is C4H7N3O2S. The van der Waals surface area contributed by atoms with Gasteiger partial charge in [0.2, 0.25) is 5.16 Å². The van der Waals surface area contributed by atoms with Crippen molar-refractivity contribution in [1.82, 2.24) is 9.55 Å². The molecule has 0 bridgehead atoms. The van der Waals surface area contributed by atoms with Gasteiger partial charge in [-0.25, -0.2) is 18.5 Å². The Kier molecular flexibility index (Phi) is 1.49. The minimum absolute atomic E-state index is 0.118. The van der Waals surface area contributed by atoms with Crippen molar-refractivity contribution in [1.29, 1.82) is 0 Å². The van der Waals surface area contributed by atoms with E-state index in [9.17, 15) is 8.42 Å². The van der Waals surface area contributed by atoms with Crippen LogP contribution in [-0.2, 0) is 17.1 Å². The lowest BCUT2D eigenvalue weighted by molar-refractivity contribution is 0.581. The predicted molar refractivity (Wildman–Crippen MR) is 34.6 cm³/mol. The Labute approximate surface area is 58.5 Å². The van der Waals surface area contributed by atoms with Crippen LogP contribution in [0, 0.1) is 0 Å². The van der Waals surface area contributed by atoms with Crippen LogP contribution in [0.3, 0.4) is 0 Å². The van der Waals surface area contributed by atoms with E-state index in [1.165, 1.54) is 17.0 Å². The molecule has 0 saturated carbocycles. The third kappa shape index (κ3) is 1.17. The van der Waals surface area contributed by atoms with Crippen molar-refractivity contribution in [2.45, 2.75) is 5.16 Å². The maximum absolute atomic E-state index is 10.6. The molecule has 0 aliphatic rings. The zero-order valence-electron chi connectivity index (χ0n) is 5.35. The Morgan fingerprint density at radius 1 is 1.70 bits per heavy atom. The van der Waals surface area contributed by atoms with Gasteiger partial charge in [0.15, 0.2) is 0 Å². The van der Waals surface area contributed by atoms with Gasteiger partial charge in [-0.2, -0.15) is 0 Å². The van der Waals surface area contributed by atoms with Gasteiger partial charge in [-0.15, -0.1) is 0 Å². The van der Waals surface area contributed by atoms with Gasteiger partial charge in [-0.05, 0) is 0 Å². The van der Waals surface area contributed by atoms with Crippen molar-refractivity contribution < 1.29 is 8.42 Å². The largest absolute Gasteiger partial charge is 0.324 e. The molecule has 1 aromatic heterocycles. The van der Waals surface area contributed by atoms with Crippen LogP contribution in [0.1, 0.15) is 0 Å². The number of sulfonamides is 1. The number of nitrogens with two attached hydrogens (primary N) is 1. The van der Waals surface area contributed by atoms with Gasteiger partial charge in [-0.3, -0.25) is 0 Å². The van der Waals surface area contributed by atoms with Crippen molar-refractivity contribution in [3.63, 3.8) is 0 Å². The molecule has 0 aliphatic carbocycles. The summed E-state index contributed by atoms with van der Waals surface area (Å²) in [4.78, 5) is 3.54. The summed E-state index contributed by atoms with van der Waals surface area (Å²) in [6.45, 7) is 0. The van der Waals surface area contributed by atoms with E-state index < -0.39 is 10.0 Å². The number of aromatic nitrogens is 2. The summed E-state index contributed by atoms with van der Waals surface area (Å²) in [5, 5.41) is 4.67. The molecule has 0 atom stereocenters. The smallest absolute Gasteiger partial charge is 0.271 e. The summed E-state index contributed by atoms with van der Waals surface area (Å²) in [6.07, 6.45) is 2.89. The Hall–Kier alpha value is -0.880. The minimum Gasteiger partial charge on any atom is -0.324 e. The normalized spacial score (nSPS) is 11.8. The number of imidazole rings is 1. The van der Waals surface area contributed by atoms with E-state index in [0.29, 0.717) is 0 Å². The zero-order chi connectivity index (χ0) is 7.78. The second-order valence-electron chi connectivity index (χ2n) is 1.87. The molecule has 0 aromatic carbocycles. The van der Waals surface area contributed by atoms with Gasteiger partial charge in [0.05, 0.1) is 0 Å². The summed E-state index contributed by atoms with van der Waals surface area (Å²) >= 11 is 0. The maximum atomic E-state index is 10.6. The third-order valence-electron chi connectivity index (χ3n) is 1.03. The average Bonchev–Trinajstić information content (AvgIpc) is 2.11. The molecule has 10 heavy (non-hydrogen) atoms. The van der Waals surface area contributed by atoms with Crippen LogP contribution in [0.25, 0.3) is 0 Å². The Morgan fingerprint density at radius 3 is 2.50 bits per heavy atom. The first-order valence-electron chi connectivity index (χ1n) is 2.52. The first kappa shape index (κ1) is 7.23. The van der Waals surface area contributed by atoms with E-state index in [1.807, 2.05) is 0 Å². The van der Waals surface area contributed by atoms with Crippen LogP contribution in [-0.4, -0.2) is 18.0 Å². The lowest BCUT2D eigenvalue weighted by Crippen LogP contribution is -2.16. The van der Waals surface area contributed by atoms with E-state index in [4.69, 9.17) is 5.14 Å². The number of primary sulfonamides is 1. The van der Waals surface area contributed by atoms with Crippen LogP contribution < -0.4 is 5.14 Å². The highest BCUT2D eigenvalue weighted by Gasteiger charge is 2.11. The van der Waals surface area contributed by atoms with Crippen LogP contribution in [0.5, 0.6) is 0 Å². The molecule has 0 saturated heterocycles. The topological polar surface area (TPSA) is 78.0 Å². The number of hydrogen-bond acceptors (Lipinski definition) is 3. The molecule has 0 spiro atoms. The van der Waals surface area contributed by atoms with E-state index in [1.54, 1.807) is 7.05 Å². The highest BCUT2D eigenvalue weighted by atomic mass is 32.2. The fourth-order valence-corrected chi connectivity index (χ4v) is 1.30. The molecule has 2 N–H and O–H groups in total. The summed E-state index contributed by atoms with van der Waals surface area (Å²) in [7, 11) is -2.08. The second-order valence-corrected chi connectivity index (χ2v) is 3.32. The number of rotatable bonds is 1. The van der Waals surface area contributed by atoms with E-state index in [2.05, 4.69) is 4.98 Å². The Bertz CT molecular complexity index is 326. The fraction of sp³-hybridized carbons (Fsp3) is 0.250. The maximum Gasteiger partial charge on any atom is 0.271 e. The third-order valence-corrected chi connectivity index (χ3v) is 1.93. The molecule has 1 aromatic rings. The molecule has 0 radical (unpaired) electrons. The summed E-state index contributed by atoms with van der Waals surface area (Å²) < 4.78 is 22.6. The Morgan fingerprint density at radius 2 is 2.30 bits per heavy atom. The molecule has 0 fully saturated rings. The van der Waals surface area contributed by atoms with Crippen molar-refractivity contribution in [3.05, 3.63) is 12.4 Å². The average molecular weight is 161 g/mol. The summed E-state index contributed by atoms with van der Waals surface area (Å²) in [5.74, 6) is 0. The lowest BCUT2D eigenvalue weighted by atomic mass is 10.9. The molecule has 1 rings (SSSR count). The van der Waals surface area contributed by atoms with Crippen molar-refractivity contribution in [3.8, 4) is 0 Å². The molecule has 6 heteroatoms. The number of hydrogen-bond donors (Lipinski definition) is 1. The SMILES string of the molecule is Cn1ccnc1S(N)(=O)=O. The molecule has 56 valence electrons. The lowest BCUT2D eigenvalue weighted by Gasteiger charge is -1.95. The fourth-order valence-electron chi connectivity index (χ4n) is 0.626. The van der Waals surface area contributed by atoms with Crippen molar-refractivity contribution in [2.75, 3.05) is 0 Å². The van der Waals surface area contributed by atoms with Crippen LogP contribution in [0.4, 0.5) is 0 Å². The van der Waals surface area contributed by atoms with Crippen LogP contribution in [0.2, 0.25) is 0 Å². The zero-order valence-corrected chi connectivity index (χ0v) is 6.17. The standard InChI is InChI=1S/C4H7N3O2S/c1-7-3-2-6-4(7)10(5,8)9/h2-3H,1H3,(H2,5,8,9). The van der Waals surface area contributed by atoms with E-state index in [0.717, 1.165) is 0 Å². The first-order chi connectivity index (χ1) is 4.52. The Balaban J connectivity index is 3.32. The van der Waals surface area contributed by atoms with Gasteiger partial charge >= 0.3 is 0 Å². The van der Waals surface area contributed by atoms with Crippen LogP contribution >= 0.6 is 0 Å². The minimum atomic E-state index is -3.64. The second kappa shape index (κ2) is 2.06. The predicted octanol–water partition coefficient (Wildman–Crippen LogP) is -0.932. The highest BCUT2D eigenvalue weighted by Crippen LogP contribution is 1.99. The number of aryl methyl sites for hydroxylation is 1. The molecule has 0 aliphatic heterocycles. The number of nitrogens with zero attached hydrogens (tertiary/aromatic N) is 2. The van der Waals surface area contributed by atoms with Crippen molar-refractivity contribution >= 4 is 10.0 Å². The molecule has 5 nitrogen and oxygen atoms in total. The van der Waals surface area contributed by atoms with Gasteiger partial charge in [0.25, 0.3) is 10.0 Å². The highest BCUT2D eigenvalue weighted by molar-refractivity contribution is 7.89. The van der Waals surface area contributed by atoms with Gasteiger partial charge in [-0.1, -0.05) is 0 Å². The monoisotopic (exact) mass is 161 g/mol. The molecule has 1 heterocycles. The molecular weight excluding hydrogens is 154 g/mol. The first-order valence-corrected chi connectivity index (χ1v) is 4.06. The van der Waals surface area contributed by atoms with Gasteiger partial charge < -0.3 is 4.57 Å². The van der Waals surface area contributed by atoms with E-state index >= 15 is 0 Å². The van der Waals surface area contributed by atoms with E-state index in [-0.39, 0.29) is 5.16 Å². The molecule has 0 unspecified atom stereocenters. The van der Waals surface area contributed by atoms with Crippen molar-refractivity contribution in [2.24, 2.45) is 12.2 Å². The van der Waals surface area contributed by atoms with Crippen LogP contribution in [0.15, 0.2) is 17.6 Å². The van der Waals surface area contributed by atoms with Gasteiger partial charge in [0.1, 0.15) is 0 Å². The summed E-state index contributed by atoms with van der Waals surface area (Å²) in [5.41, 5.74) is 0. The quantitative estimate of drug-likeness (QED) is 0.577. The molecule has 0 amide bonds.